The highest BCUT2D eigenvalue weighted by atomic mass is 16.6. The molecule has 6 nitrogen and oxygen atoms in total. The topological polar surface area (TPSA) is 77.5 Å². The zero-order valence-electron chi connectivity index (χ0n) is 17.8. The van der Waals surface area contributed by atoms with E-state index in [1.807, 2.05) is 69.3 Å². The summed E-state index contributed by atoms with van der Waals surface area (Å²) < 4.78 is 16.5. The number of aromatic nitrogens is 1. The van der Waals surface area contributed by atoms with E-state index < -0.39 is 12.2 Å². The van der Waals surface area contributed by atoms with Gasteiger partial charge in [0.05, 0.1) is 0 Å². The van der Waals surface area contributed by atoms with E-state index in [2.05, 4.69) is 22.3 Å². The minimum Gasteiger partial charge on any atom is -0.461 e. The first-order valence-electron chi connectivity index (χ1n) is 9.92. The van der Waals surface area contributed by atoms with Gasteiger partial charge in [0.15, 0.2) is 0 Å². The Hall–Kier alpha value is -3.98. The van der Waals surface area contributed by atoms with Crippen molar-refractivity contribution in [3.05, 3.63) is 82.4 Å². The van der Waals surface area contributed by atoms with Crippen LogP contribution in [0.3, 0.4) is 0 Å². The molecule has 1 amide bonds. The van der Waals surface area contributed by atoms with Crippen LogP contribution < -0.4 is 5.32 Å². The molecule has 6 heteroatoms. The number of ether oxygens (including phenoxy) is 1. The van der Waals surface area contributed by atoms with Gasteiger partial charge in [0.1, 0.15) is 28.8 Å². The van der Waals surface area contributed by atoms with Crippen LogP contribution in [0.5, 0.6) is 0 Å². The highest BCUT2D eigenvalue weighted by Gasteiger charge is 2.18. The summed E-state index contributed by atoms with van der Waals surface area (Å²) in [6, 6.07) is 15.5. The summed E-state index contributed by atoms with van der Waals surface area (Å²) in [7, 11) is 0. The molecule has 0 bridgehead atoms. The number of hydrogen-bond donors (Lipinski definition) is 1. The minimum atomic E-state index is -0.599. The number of fused-ring (bicyclic) bond motifs is 1. The lowest BCUT2D eigenvalue weighted by atomic mass is 10.1. The van der Waals surface area contributed by atoms with Crippen LogP contribution in [0.4, 0.5) is 10.5 Å². The highest BCUT2D eigenvalue weighted by Crippen LogP contribution is 2.24. The zero-order chi connectivity index (χ0) is 22.0. The van der Waals surface area contributed by atoms with Gasteiger partial charge in [-0.1, -0.05) is 35.3 Å². The third kappa shape index (κ3) is 4.46. The smallest absolute Gasteiger partial charge is 0.412 e. The Morgan fingerprint density at radius 3 is 2.71 bits per heavy atom. The third-order valence-corrected chi connectivity index (χ3v) is 4.96. The van der Waals surface area contributed by atoms with Crippen LogP contribution in [0.2, 0.25) is 0 Å². The Morgan fingerprint density at radius 1 is 1.10 bits per heavy atom. The van der Waals surface area contributed by atoms with E-state index in [1.165, 1.54) is 0 Å². The number of aryl methyl sites for hydroxylation is 3. The third-order valence-electron chi connectivity index (χ3n) is 4.96. The lowest BCUT2D eigenvalue weighted by Gasteiger charge is -2.16. The molecule has 1 atom stereocenters. The maximum atomic E-state index is 12.5. The number of nitrogens with zero attached hydrogens (tertiary/aromatic N) is 1. The predicted molar refractivity (Wildman–Crippen MR) is 118 cm³/mol. The van der Waals surface area contributed by atoms with Gasteiger partial charge in [-0.2, -0.15) is 0 Å². The molecule has 0 saturated carbocycles. The van der Waals surface area contributed by atoms with E-state index in [0.717, 1.165) is 33.4 Å². The number of nitrogens with one attached hydrogen (secondary N) is 1. The number of hydrogen-bond acceptors (Lipinski definition) is 5. The SMILES string of the molecule is Cc1cc2ccc(C#Cc3onc(C)c3NC(=O)OC(C)c3ccccc3C)cc2o1. The molecule has 0 aliphatic heterocycles. The predicted octanol–water partition coefficient (Wildman–Crippen LogP) is 6.06. The molecule has 0 saturated heterocycles. The molecule has 0 radical (unpaired) electrons. The number of rotatable bonds is 3. The van der Waals surface area contributed by atoms with Crippen LogP contribution in [0.15, 0.2) is 57.5 Å². The maximum absolute atomic E-state index is 12.5. The van der Waals surface area contributed by atoms with Crippen LogP contribution in [0.1, 0.15) is 46.9 Å². The number of carbonyl (C=O) groups is 1. The van der Waals surface area contributed by atoms with Crippen molar-refractivity contribution in [2.75, 3.05) is 5.32 Å². The van der Waals surface area contributed by atoms with Crippen molar-refractivity contribution < 1.29 is 18.5 Å². The number of benzene rings is 2. The molecule has 1 N–H and O–H groups in total. The van der Waals surface area contributed by atoms with E-state index in [0.29, 0.717) is 11.4 Å². The second-order valence-electron chi connectivity index (χ2n) is 7.36. The zero-order valence-corrected chi connectivity index (χ0v) is 17.8. The number of anilines is 1. The Kier molecular flexibility index (Phi) is 5.50. The molecular weight excluding hydrogens is 392 g/mol. The van der Waals surface area contributed by atoms with Crippen molar-refractivity contribution in [1.29, 1.82) is 0 Å². The van der Waals surface area contributed by atoms with Gasteiger partial charge in [-0.05, 0) is 69.0 Å². The summed E-state index contributed by atoms with van der Waals surface area (Å²) in [5, 5.41) is 7.65. The van der Waals surface area contributed by atoms with Crippen LogP contribution in [-0.2, 0) is 4.74 Å². The number of carbonyl (C=O) groups excluding carboxylic acids is 1. The molecule has 1 unspecified atom stereocenters. The first kappa shape index (κ1) is 20.3. The summed E-state index contributed by atoms with van der Waals surface area (Å²) in [6.07, 6.45) is -1.00. The molecule has 2 aromatic carbocycles. The highest BCUT2D eigenvalue weighted by molar-refractivity contribution is 5.87. The summed E-state index contributed by atoms with van der Waals surface area (Å²) in [4.78, 5) is 12.5. The largest absolute Gasteiger partial charge is 0.461 e. The van der Waals surface area contributed by atoms with E-state index in [-0.39, 0.29) is 5.76 Å². The van der Waals surface area contributed by atoms with Crippen LogP contribution in [-0.4, -0.2) is 11.2 Å². The Morgan fingerprint density at radius 2 is 1.90 bits per heavy atom. The van der Waals surface area contributed by atoms with Crippen LogP contribution in [0.25, 0.3) is 11.0 Å². The Balaban J connectivity index is 1.50. The van der Waals surface area contributed by atoms with E-state index in [9.17, 15) is 4.79 Å². The van der Waals surface area contributed by atoms with Crippen molar-refractivity contribution >= 4 is 22.7 Å². The monoisotopic (exact) mass is 414 g/mol. The molecular formula is C25H22N2O4. The first-order chi connectivity index (χ1) is 14.9. The van der Waals surface area contributed by atoms with Crippen molar-refractivity contribution in [2.24, 2.45) is 0 Å². The minimum absolute atomic E-state index is 0.258. The first-order valence-corrected chi connectivity index (χ1v) is 9.92. The van der Waals surface area contributed by atoms with Gasteiger partial charge < -0.3 is 13.7 Å². The molecule has 0 aliphatic rings. The molecule has 0 spiro atoms. The molecule has 31 heavy (non-hydrogen) atoms. The van der Waals surface area contributed by atoms with E-state index in [1.54, 1.807) is 6.92 Å². The standard InChI is InChI=1S/C25H22N2O4/c1-15-7-5-6-8-21(15)18(4)30-25(28)26-24-17(3)27-31-22(24)12-10-19-9-11-20-13-16(2)29-23(20)14-19/h5-9,11,13-14,18H,1-4H3,(H,26,28). The molecule has 2 aromatic heterocycles. The van der Waals surface area contributed by atoms with Crippen molar-refractivity contribution in [1.82, 2.24) is 5.16 Å². The molecule has 2 heterocycles. The lowest BCUT2D eigenvalue weighted by Crippen LogP contribution is -2.17. The van der Waals surface area contributed by atoms with Gasteiger partial charge in [0.2, 0.25) is 5.76 Å². The average molecular weight is 414 g/mol. The second-order valence-corrected chi connectivity index (χ2v) is 7.36. The normalized spacial score (nSPS) is 11.6. The quantitative estimate of drug-likeness (QED) is 0.413. The van der Waals surface area contributed by atoms with Gasteiger partial charge in [-0.3, -0.25) is 5.32 Å². The van der Waals surface area contributed by atoms with E-state index >= 15 is 0 Å². The number of furan rings is 1. The summed E-state index contributed by atoms with van der Waals surface area (Å²) in [5.41, 5.74) is 4.44. The fraction of sp³-hybridized carbons (Fsp3) is 0.200. The molecule has 4 aromatic rings. The van der Waals surface area contributed by atoms with Gasteiger partial charge in [0.25, 0.3) is 0 Å². The van der Waals surface area contributed by atoms with Crippen molar-refractivity contribution in [3.63, 3.8) is 0 Å². The Bertz CT molecular complexity index is 1320. The van der Waals surface area contributed by atoms with Crippen LogP contribution in [0, 0.1) is 32.6 Å². The van der Waals surface area contributed by atoms with Gasteiger partial charge >= 0.3 is 6.09 Å². The lowest BCUT2D eigenvalue weighted by molar-refractivity contribution is 0.121. The molecule has 0 fully saturated rings. The Labute approximate surface area is 180 Å². The van der Waals surface area contributed by atoms with Gasteiger partial charge in [-0.15, -0.1) is 0 Å². The second kappa shape index (κ2) is 8.41. The fourth-order valence-electron chi connectivity index (χ4n) is 3.37. The summed E-state index contributed by atoms with van der Waals surface area (Å²) in [6.45, 7) is 7.44. The van der Waals surface area contributed by atoms with Gasteiger partial charge in [-0.25, -0.2) is 4.79 Å². The molecule has 156 valence electrons. The molecule has 4 rings (SSSR count). The summed E-state index contributed by atoms with van der Waals surface area (Å²) in [5.74, 6) is 7.06. The fourth-order valence-corrected chi connectivity index (χ4v) is 3.37. The molecule has 0 aliphatic carbocycles. The number of amides is 1. The van der Waals surface area contributed by atoms with Crippen molar-refractivity contribution in [2.45, 2.75) is 33.8 Å². The van der Waals surface area contributed by atoms with Gasteiger partial charge in [0, 0.05) is 10.9 Å². The average Bonchev–Trinajstić information content (AvgIpc) is 3.27. The maximum Gasteiger partial charge on any atom is 0.412 e. The van der Waals surface area contributed by atoms with E-state index in [4.69, 9.17) is 13.7 Å². The van der Waals surface area contributed by atoms with Crippen molar-refractivity contribution in [3.8, 4) is 11.8 Å². The summed E-state index contributed by atoms with van der Waals surface area (Å²) >= 11 is 0. The van der Waals surface area contributed by atoms with Crippen LogP contribution >= 0.6 is 0 Å².